The third kappa shape index (κ3) is 4.06. The summed E-state index contributed by atoms with van der Waals surface area (Å²) in [6.07, 6.45) is 1.71. The normalized spacial score (nSPS) is 14.6. The van der Waals surface area contributed by atoms with Gasteiger partial charge in [-0.2, -0.15) is 0 Å². The molecule has 0 unspecified atom stereocenters. The zero-order chi connectivity index (χ0) is 19.6. The molecule has 0 aliphatic carbocycles. The third-order valence-electron chi connectivity index (χ3n) is 4.66. The Morgan fingerprint density at radius 3 is 2.56 bits per heavy atom. The molecule has 0 radical (unpaired) electrons. The summed E-state index contributed by atoms with van der Waals surface area (Å²) in [5, 5.41) is 2.73. The van der Waals surface area contributed by atoms with Gasteiger partial charge < -0.3 is 9.30 Å². The van der Waals surface area contributed by atoms with E-state index in [0.717, 1.165) is 16.2 Å². The topological polar surface area (TPSA) is 93.5 Å². The van der Waals surface area contributed by atoms with Crippen molar-refractivity contribution in [3.05, 3.63) is 35.5 Å². The van der Waals surface area contributed by atoms with Crippen LogP contribution in [-0.4, -0.2) is 51.9 Å². The van der Waals surface area contributed by atoms with Gasteiger partial charge in [0.1, 0.15) is 13.2 Å². The molecule has 0 atom stereocenters. The Bertz CT molecular complexity index is 887. The number of hydrogen-bond acceptors (Lipinski definition) is 5. The monoisotopic (exact) mass is 370 g/mol. The molecule has 1 aromatic carbocycles. The predicted molar refractivity (Wildman–Crippen MR) is 98.9 cm³/mol. The number of aromatic nitrogens is 2. The molecule has 1 N–H and O–H groups in total. The van der Waals surface area contributed by atoms with E-state index in [4.69, 9.17) is 4.74 Å². The van der Waals surface area contributed by atoms with Crippen LogP contribution >= 0.6 is 0 Å². The van der Waals surface area contributed by atoms with E-state index in [9.17, 15) is 14.4 Å². The second-order valence-corrected chi connectivity index (χ2v) is 6.56. The number of benzene rings is 1. The number of carbonyl (C=O) groups is 3. The van der Waals surface area contributed by atoms with Gasteiger partial charge in [-0.3, -0.25) is 24.6 Å². The molecule has 1 aliphatic heterocycles. The Hall–Kier alpha value is -3.00. The van der Waals surface area contributed by atoms with Gasteiger partial charge in [0.2, 0.25) is 11.9 Å². The van der Waals surface area contributed by atoms with Crippen molar-refractivity contribution in [2.75, 3.05) is 25.1 Å². The summed E-state index contributed by atoms with van der Waals surface area (Å²) in [5.74, 6) is -0.753. The van der Waals surface area contributed by atoms with E-state index in [2.05, 4.69) is 23.3 Å². The molecule has 1 aromatic heterocycles. The Morgan fingerprint density at radius 1 is 1.19 bits per heavy atom. The second-order valence-electron chi connectivity index (χ2n) is 6.56. The highest BCUT2D eigenvalue weighted by atomic mass is 16.5. The van der Waals surface area contributed by atoms with Gasteiger partial charge in [-0.15, -0.1) is 0 Å². The van der Waals surface area contributed by atoms with Crippen LogP contribution in [0.1, 0.15) is 17.5 Å². The number of rotatable bonds is 5. The van der Waals surface area contributed by atoms with Gasteiger partial charge in [0.15, 0.2) is 0 Å². The fraction of sp³-hybridized carbons (Fsp3) is 0.368. The highest BCUT2D eigenvalue weighted by molar-refractivity contribution is 5.99. The van der Waals surface area contributed by atoms with Gasteiger partial charge in [0, 0.05) is 25.6 Å². The third-order valence-corrected chi connectivity index (χ3v) is 4.66. The van der Waals surface area contributed by atoms with Crippen LogP contribution in [-0.2, 0) is 26.2 Å². The van der Waals surface area contributed by atoms with E-state index in [1.54, 1.807) is 10.8 Å². The van der Waals surface area contributed by atoms with Crippen molar-refractivity contribution in [2.45, 2.75) is 20.3 Å². The number of morpholine rings is 1. The van der Waals surface area contributed by atoms with Crippen LogP contribution in [0.4, 0.5) is 5.95 Å². The van der Waals surface area contributed by atoms with Crippen molar-refractivity contribution in [1.82, 2.24) is 14.5 Å². The van der Waals surface area contributed by atoms with Crippen molar-refractivity contribution < 1.29 is 19.1 Å². The summed E-state index contributed by atoms with van der Waals surface area (Å²) < 4.78 is 6.65. The van der Waals surface area contributed by atoms with Crippen molar-refractivity contribution in [2.24, 2.45) is 7.05 Å². The lowest BCUT2D eigenvalue weighted by Crippen LogP contribution is -2.47. The number of nitrogens with one attached hydrogen (secondary N) is 1. The Kier molecular flexibility index (Phi) is 5.36. The highest BCUT2D eigenvalue weighted by Gasteiger charge is 2.26. The number of amides is 3. The molecular formula is C19H22N4O4. The van der Waals surface area contributed by atoms with Crippen LogP contribution in [0.5, 0.6) is 0 Å². The summed E-state index contributed by atoms with van der Waals surface area (Å²) in [5.41, 5.74) is 4.28. The first kappa shape index (κ1) is 18.8. The molecule has 142 valence electrons. The maximum Gasteiger partial charge on any atom is 0.255 e. The standard InChI is InChI=1S/C19H22N4O4/c1-12-4-5-14(8-13(12)2)15-9-20-19(22(15)3)21-16(24)6-7-23-17(25)10-27-11-18(23)26/h4-5,8-9H,6-7,10-11H2,1-3H3,(H,20,21,24). The SMILES string of the molecule is Cc1ccc(-c2cnc(NC(=O)CCN3C(=O)COCC3=O)n2C)cc1C. The Balaban J connectivity index is 1.65. The van der Waals surface area contributed by atoms with Gasteiger partial charge in [0.05, 0.1) is 11.9 Å². The van der Waals surface area contributed by atoms with E-state index in [1.807, 2.05) is 26.1 Å². The molecule has 1 saturated heterocycles. The number of imide groups is 1. The molecule has 1 aliphatic rings. The fourth-order valence-corrected chi connectivity index (χ4v) is 2.87. The summed E-state index contributed by atoms with van der Waals surface area (Å²) in [6, 6.07) is 6.14. The van der Waals surface area contributed by atoms with Crippen molar-refractivity contribution in [3.8, 4) is 11.3 Å². The fourth-order valence-electron chi connectivity index (χ4n) is 2.87. The van der Waals surface area contributed by atoms with Crippen LogP contribution in [0, 0.1) is 13.8 Å². The summed E-state index contributed by atoms with van der Waals surface area (Å²) in [4.78, 5) is 40.9. The van der Waals surface area contributed by atoms with Gasteiger partial charge in [0.25, 0.3) is 11.8 Å². The molecule has 2 aromatic rings. The average Bonchev–Trinajstić information content (AvgIpc) is 2.97. The van der Waals surface area contributed by atoms with Gasteiger partial charge >= 0.3 is 0 Å². The Morgan fingerprint density at radius 2 is 1.89 bits per heavy atom. The second kappa shape index (κ2) is 7.71. The summed E-state index contributed by atoms with van der Waals surface area (Å²) in [7, 11) is 1.82. The molecule has 3 rings (SSSR count). The van der Waals surface area contributed by atoms with Crippen molar-refractivity contribution in [1.29, 1.82) is 0 Å². The zero-order valence-electron chi connectivity index (χ0n) is 15.6. The maximum absolute atomic E-state index is 12.2. The molecule has 2 heterocycles. The molecule has 3 amide bonds. The first-order valence-electron chi connectivity index (χ1n) is 8.67. The number of imidazole rings is 1. The van der Waals surface area contributed by atoms with Gasteiger partial charge in [-0.1, -0.05) is 12.1 Å². The van der Waals surface area contributed by atoms with Crippen molar-refractivity contribution in [3.63, 3.8) is 0 Å². The first-order valence-corrected chi connectivity index (χ1v) is 8.67. The lowest BCUT2D eigenvalue weighted by Gasteiger charge is -2.24. The minimum atomic E-state index is -0.423. The van der Waals surface area contributed by atoms with E-state index in [-0.39, 0.29) is 32.1 Å². The van der Waals surface area contributed by atoms with E-state index >= 15 is 0 Å². The van der Waals surface area contributed by atoms with Crippen LogP contribution < -0.4 is 5.32 Å². The van der Waals surface area contributed by atoms with E-state index in [1.165, 1.54) is 11.1 Å². The van der Waals surface area contributed by atoms with Crippen LogP contribution in [0.15, 0.2) is 24.4 Å². The number of ether oxygens (including phenoxy) is 1. The summed E-state index contributed by atoms with van der Waals surface area (Å²) >= 11 is 0. The zero-order valence-corrected chi connectivity index (χ0v) is 15.6. The highest BCUT2D eigenvalue weighted by Crippen LogP contribution is 2.24. The average molecular weight is 370 g/mol. The summed E-state index contributed by atoms with van der Waals surface area (Å²) in [6.45, 7) is 3.86. The predicted octanol–water partition coefficient (Wildman–Crippen LogP) is 1.42. The maximum atomic E-state index is 12.2. The van der Waals surface area contributed by atoms with Gasteiger partial charge in [-0.05, 0) is 31.0 Å². The molecule has 0 saturated carbocycles. The first-order chi connectivity index (χ1) is 12.9. The molecule has 8 heteroatoms. The van der Waals surface area contributed by atoms with Crippen molar-refractivity contribution >= 4 is 23.7 Å². The quantitative estimate of drug-likeness (QED) is 0.804. The smallest absolute Gasteiger partial charge is 0.255 e. The molecule has 8 nitrogen and oxygen atoms in total. The molecule has 27 heavy (non-hydrogen) atoms. The minimum Gasteiger partial charge on any atom is -0.362 e. The lowest BCUT2D eigenvalue weighted by molar-refractivity contribution is -0.158. The van der Waals surface area contributed by atoms with Crippen LogP contribution in [0.25, 0.3) is 11.3 Å². The van der Waals surface area contributed by atoms with Crippen LogP contribution in [0.2, 0.25) is 0 Å². The number of nitrogens with zero attached hydrogens (tertiary/aromatic N) is 3. The van der Waals surface area contributed by atoms with Crippen LogP contribution in [0.3, 0.4) is 0 Å². The molecular weight excluding hydrogens is 348 g/mol. The largest absolute Gasteiger partial charge is 0.362 e. The van der Waals surface area contributed by atoms with Gasteiger partial charge in [-0.25, -0.2) is 4.98 Å². The molecule has 1 fully saturated rings. The number of hydrogen-bond donors (Lipinski definition) is 1. The molecule has 0 spiro atoms. The number of aryl methyl sites for hydroxylation is 2. The molecule has 0 bridgehead atoms. The Labute approximate surface area is 157 Å². The van der Waals surface area contributed by atoms with E-state index < -0.39 is 11.8 Å². The van der Waals surface area contributed by atoms with E-state index in [0.29, 0.717) is 5.95 Å². The minimum absolute atomic E-state index is 0.00329. The lowest BCUT2D eigenvalue weighted by atomic mass is 10.0. The number of anilines is 1. The number of carbonyl (C=O) groups excluding carboxylic acids is 3.